The molecule has 7 atom stereocenters. The van der Waals surface area contributed by atoms with Crippen molar-refractivity contribution in [2.45, 2.75) is 96.9 Å². The SMILES string of the molecule is CCC1OC(CC)C2C3CC(CC3C(=O)OC(C)(C)C3CCCC3)C12. The molecule has 25 heavy (non-hydrogen) atoms. The minimum atomic E-state index is -0.295. The smallest absolute Gasteiger partial charge is 0.309 e. The molecule has 0 aromatic heterocycles. The van der Waals surface area contributed by atoms with Gasteiger partial charge in [0.1, 0.15) is 5.60 Å². The van der Waals surface area contributed by atoms with Gasteiger partial charge in [0.25, 0.3) is 0 Å². The lowest BCUT2D eigenvalue weighted by Gasteiger charge is -2.36. The molecule has 4 fully saturated rings. The molecule has 2 bridgehead atoms. The Labute approximate surface area is 153 Å². The van der Waals surface area contributed by atoms with Gasteiger partial charge in [-0.2, -0.15) is 0 Å². The molecule has 3 heteroatoms. The summed E-state index contributed by atoms with van der Waals surface area (Å²) in [5.41, 5.74) is -0.295. The average molecular weight is 349 g/mol. The Bertz CT molecular complexity index is 507. The van der Waals surface area contributed by atoms with Crippen LogP contribution in [0.3, 0.4) is 0 Å². The molecule has 0 radical (unpaired) electrons. The fourth-order valence-corrected chi connectivity index (χ4v) is 6.98. The predicted octanol–water partition coefficient (Wildman–Crippen LogP) is 4.97. The molecule has 0 amide bonds. The fraction of sp³-hybridized carbons (Fsp3) is 0.955. The molecule has 7 unspecified atom stereocenters. The van der Waals surface area contributed by atoms with Crippen molar-refractivity contribution < 1.29 is 14.3 Å². The van der Waals surface area contributed by atoms with Crippen molar-refractivity contribution in [1.82, 2.24) is 0 Å². The van der Waals surface area contributed by atoms with Crippen LogP contribution in [0.15, 0.2) is 0 Å². The van der Waals surface area contributed by atoms with Gasteiger partial charge in [0.15, 0.2) is 0 Å². The van der Waals surface area contributed by atoms with E-state index in [2.05, 4.69) is 27.7 Å². The highest BCUT2D eigenvalue weighted by atomic mass is 16.6. The predicted molar refractivity (Wildman–Crippen MR) is 98.1 cm³/mol. The minimum absolute atomic E-state index is 0.0950. The van der Waals surface area contributed by atoms with Gasteiger partial charge in [-0.25, -0.2) is 0 Å². The first-order chi connectivity index (χ1) is 12.0. The van der Waals surface area contributed by atoms with E-state index >= 15 is 0 Å². The van der Waals surface area contributed by atoms with Crippen LogP contribution in [0.5, 0.6) is 0 Å². The molecule has 3 aliphatic carbocycles. The van der Waals surface area contributed by atoms with Gasteiger partial charge in [-0.15, -0.1) is 0 Å². The summed E-state index contributed by atoms with van der Waals surface area (Å²) in [6, 6.07) is 0. The summed E-state index contributed by atoms with van der Waals surface area (Å²) in [5, 5.41) is 0. The van der Waals surface area contributed by atoms with Gasteiger partial charge in [0.05, 0.1) is 18.1 Å². The third-order valence-corrected chi connectivity index (χ3v) is 8.15. The van der Waals surface area contributed by atoms with Crippen LogP contribution in [0.4, 0.5) is 0 Å². The van der Waals surface area contributed by atoms with Crippen molar-refractivity contribution in [2.75, 3.05) is 0 Å². The second kappa shape index (κ2) is 6.55. The second-order valence-corrected chi connectivity index (χ2v) is 9.69. The molecule has 4 aliphatic rings. The van der Waals surface area contributed by atoms with Crippen LogP contribution >= 0.6 is 0 Å². The highest BCUT2D eigenvalue weighted by Gasteiger charge is 2.62. The first-order valence-corrected chi connectivity index (χ1v) is 10.8. The van der Waals surface area contributed by atoms with Gasteiger partial charge in [-0.05, 0) is 82.0 Å². The standard InChI is InChI=1S/C22H36O3/c1-5-17-19-13-11-15(20(19)18(6-2)24-17)16(12-13)21(23)25-22(3,4)14-9-7-8-10-14/h13-20H,5-12H2,1-4H3. The summed E-state index contributed by atoms with van der Waals surface area (Å²) in [6.07, 6.45) is 10.3. The number of esters is 1. The quantitative estimate of drug-likeness (QED) is 0.658. The molecule has 0 N–H and O–H groups in total. The van der Waals surface area contributed by atoms with E-state index in [1.165, 1.54) is 32.1 Å². The number of fused-ring (bicyclic) bond motifs is 5. The molecule has 1 heterocycles. The van der Waals surface area contributed by atoms with Crippen molar-refractivity contribution in [3.8, 4) is 0 Å². The monoisotopic (exact) mass is 348 g/mol. The fourth-order valence-electron chi connectivity index (χ4n) is 6.98. The van der Waals surface area contributed by atoms with Gasteiger partial charge in [0.2, 0.25) is 0 Å². The van der Waals surface area contributed by atoms with E-state index in [0.29, 0.717) is 41.8 Å². The Balaban J connectivity index is 1.45. The van der Waals surface area contributed by atoms with Crippen LogP contribution in [-0.2, 0) is 14.3 Å². The molecule has 3 nitrogen and oxygen atoms in total. The van der Waals surface area contributed by atoms with Crippen LogP contribution in [-0.4, -0.2) is 23.8 Å². The summed E-state index contributed by atoms with van der Waals surface area (Å²) >= 11 is 0. The highest BCUT2D eigenvalue weighted by molar-refractivity contribution is 5.74. The van der Waals surface area contributed by atoms with E-state index in [1.54, 1.807) is 0 Å². The first kappa shape index (κ1) is 17.8. The van der Waals surface area contributed by atoms with Gasteiger partial charge in [-0.3, -0.25) is 4.79 Å². The van der Waals surface area contributed by atoms with E-state index in [9.17, 15) is 4.79 Å². The van der Waals surface area contributed by atoms with Crippen molar-refractivity contribution in [3.05, 3.63) is 0 Å². The maximum Gasteiger partial charge on any atom is 0.309 e. The van der Waals surface area contributed by atoms with E-state index in [-0.39, 0.29) is 17.5 Å². The Morgan fingerprint density at radius 1 is 1.04 bits per heavy atom. The maximum absolute atomic E-state index is 13.1. The van der Waals surface area contributed by atoms with E-state index in [0.717, 1.165) is 19.3 Å². The normalized spacial score (nSPS) is 43.6. The van der Waals surface area contributed by atoms with Crippen molar-refractivity contribution >= 4 is 5.97 Å². The maximum atomic E-state index is 13.1. The van der Waals surface area contributed by atoms with E-state index in [1.807, 2.05) is 0 Å². The summed E-state index contributed by atoms with van der Waals surface area (Å²) in [4.78, 5) is 13.1. The van der Waals surface area contributed by atoms with Crippen LogP contribution in [0.1, 0.15) is 79.1 Å². The summed E-state index contributed by atoms with van der Waals surface area (Å²) < 4.78 is 12.5. The number of hydrogen-bond donors (Lipinski definition) is 0. The molecule has 4 rings (SSSR count). The van der Waals surface area contributed by atoms with Crippen molar-refractivity contribution in [2.24, 2.45) is 35.5 Å². The molecule has 3 saturated carbocycles. The third-order valence-electron chi connectivity index (χ3n) is 8.15. The second-order valence-electron chi connectivity index (χ2n) is 9.69. The van der Waals surface area contributed by atoms with Crippen molar-refractivity contribution in [3.63, 3.8) is 0 Å². The Kier molecular flexibility index (Phi) is 4.67. The van der Waals surface area contributed by atoms with Crippen LogP contribution < -0.4 is 0 Å². The first-order valence-electron chi connectivity index (χ1n) is 10.8. The van der Waals surface area contributed by atoms with Crippen molar-refractivity contribution in [1.29, 1.82) is 0 Å². The number of ether oxygens (including phenoxy) is 2. The molecule has 1 aliphatic heterocycles. The summed E-state index contributed by atoms with van der Waals surface area (Å²) in [5.74, 6) is 3.25. The number of rotatable bonds is 5. The Morgan fingerprint density at radius 2 is 1.68 bits per heavy atom. The number of hydrogen-bond acceptors (Lipinski definition) is 3. The Morgan fingerprint density at radius 3 is 2.32 bits per heavy atom. The Hall–Kier alpha value is -0.570. The van der Waals surface area contributed by atoms with E-state index in [4.69, 9.17) is 9.47 Å². The molecular weight excluding hydrogens is 312 g/mol. The molecular formula is C22H36O3. The summed E-state index contributed by atoms with van der Waals surface area (Å²) in [7, 11) is 0. The van der Waals surface area contributed by atoms with Gasteiger partial charge in [-0.1, -0.05) is 26.7 Å². The van der Waals surface area contributed by atoms with Gasteiger partial charge in [0, 0.05) is 0 Å². The molecule has 0 aromatic carbocycles. The van der Waals surface area contributed by atoms with Crippen LogP contribution in [0.2, 0.25) is 0 Å². The number of carbonyl (C=O) groups is 1. The van der Waals surface area contributed by atoms with E-state index < -0.39 is 0 Å². The molecule has 0 aromatic rings. The molecule has 1 saturated heterocycles. The zero-order valence-corrected chi connectivity index (χ0v) is 16.5. The third kappa shape index (κ3) is 2.85. The highest BCUT2D eigenvalue weighted by Crippen LogP contribution is 2.62. The lowest BCUT2D eigenvalue weighted by molar-refractivity contribution is -0.170. The van der Waals surface area contributed by atoms with Crippen LogP contribution in [0, 0.1) is 35.5 Å². The molecule has 0 spiro atoms. The topological polar surface area (TPSA) is 35.5 Å². The lowest BCUT2D eigenvalue weighted by Crippen LogP contribution is -2.41. The zero-order valence-electron chi connectivity index (χ0n) is 16.5. The number of carbonyl (C=O) groups excluding carboxylic acids is 1. The van der Waals surface area contributed by atoms with Gasteiger partial charge >= 0.3 is 5.97 Å². The average Bonchev–Trinajstić information content (AvgIpc) is 3.34. The minimum Gasteiger partial charge on any atom is -0.459 e. The zero-order chi connectivity index (χ0) is 17.8. The van der Waals surface area contributed by atoms with Crippen LogP contribution in [0.25, 0.3) is 0 Å². The summed E-state index contributed by atoms with van der Waals surface area (Å²) in [6.45, 7) is 8.76. The largest absolute Gasteiger partial charge is 0.459 e. The molecule has 142 valence electrons. The van der Waals surface area contributed by atoms with Gasteiger partial charge < -0.3 is 9.47 Å². The lowest BCUT2D eigenvalue weighted by atomic mass is 9.70.